The molecular weight excluding hydrogens is 121 g/mol. The third-order valence-corrected chi connectivity index (χ3v) is 0.574. The standard InChI is InChI=1S/C3H5Cl2N/c4-2-1-3-6-5/h1,3,6H,2H2. The first kappa shape index (κ1) is 6.12. The molecule has 3 heteroatoms. The number of halogens is 2. The summed E-state index contributed by atoms with van der Waals surface area (Å²) in [7, 11) is 0. The molecule has 0 unspecified atom stereocenters. The highest BCUT2D eigenvalue weighted by Crippen LogP contribution is 1.74. The van der Waals surface area contributed by atoms with Crippen molar-refractivity contribution in [3.05, 3.63) is 12.3 Å². The second kappa shape index (κ2) is 5.12. The fraction of sp³-hybridized carbons (Fsp3) is 0.333. The van der Waals surface area contributed by atoms with Gasteiger partial charge in [-0.05, 0) is 0 Å². The molecule has 0 aliphatic heterocycles. The number of hydrogen-bond acceptors (Lipinski definition) is 1. The average molecular weight is 126 g/mol. The molecule has 0 aromatic carbocycles. The predicted molar refractivity (Wildman–Crippen MR) is 28.8 cm³/mol. The Bertz CT molecular complexity index is 38.1. The molecule has 0 saturated heterocycles. The Labute approximate surface area is 47.0 Å². The maximum absolute atomic E-state index is 5.19. The van der Waals surface area contributed by atoms with E-state index in [0.717, 1.165) is 0 Å². The Morgan fingerprint density at radius 3 is 2.50 bits per heavy atom. The SMILES string of the molecule is ClCC=CNCl. The van der Waals surface area contributed by atoms with Crippen LogP contribution in [0.5, 0.6) is 0 Å². The Balaban J connectivity index is 2.73. The van der Waals surface area contributed by atoms with E-state index in [-0.39, 0.29) is 0 Å². The van der Waals surface area contributed by atoms with Gasteiger partial charge in [-0.2, -0.15) is 0 Å². The molecule has 0 atom stereocenters. The number of nitrogens with one attached hydrogen (secondary N) is 1. The van der Waals surface area contributed by atoms with E-state index in [2.05, 4.69) is 4.84 Å². The number of allylic oxidation sites excluding steroid dienone is 1. The molecule has 0 saturated carbocycles. The molecule has 0 fully saturated rings. The molecule has 0 aliphatic rings. The quantitative estimate of drug-likeness (QED) is 0.436. The van der Waals surface area contributed by atoms with Crippen molar-refractivity contribution in [2.24, 2.45) is 0 Å². The van der Waals surface area contributed by atoms with E-state index in [1.165, 1.54) is 0 Å². The van der Waals surface area contributed by atoms with Crippen LogP contribution in [0.1, 0.15) is 0 Å². The average Bonchev–Trinajstić information content (AvgIpc) is 1.61. The van der Waals surface area contributed by atoms with Gasteiger partial charge in [-0.15, -0.1) is 11.6 Å². The van der Waals surface area contributed by atoms with E-state index < -0.39 is 0 Å². The molecule has 0 aromatic rings. The van der Waals surface area contributed by atoms with Crippen molar-refractivity contribution in [2.75, 3.05) is 5.88 Å². The number of alkyl halides is 1. The second-order valence-electron chi connectivity index (χ2n) is 0.666. The van der Waals surface area contributed by atoms with Gasteiger partial charge in [-0.1, -0.05) is 6.08 Å². The van der Waals surface area contributed by atoms with Crippen LogP contribution in [0, 0.1) is 0 Å². The van der Waals surface area contributed by atoms with Gasteiger partial charge < -0.3 is 4.84 Å². The molecular formula is C3H5Cl2N. The van der Waals surface area contributed by atoms with Crippen LogP contribution >= 0.6 is 23.4 Å². The van der Waals surface area contributed by atoms with Crippen LogP contribution in [0.15, 0.2) is 12.3 Å². The van der Waals surface area contributed by atoms with Gasteiger partial charge in [0.05, 0.1) is 0 Å². The monoisotopic (exact) mass is 125 g/mol. The van der Waals surface area contributed by atoms with E-state index in [4.69, 9.17) is 23.4 Å². The van der Waals surface area contributed by atoms with Gasteiger partial charge in [-0.3, -0.25) is 0 Å². The summed E-state index contributed by atoms with van der Waals surface area (Å²) >= 11 is 10.2. The van der Waals surface area contributed by atoms with Crippen molar-refractivity contribution in [1.29, 1.82) is 0 Å². The Hall–Kier alpha value is 0.120. The first-order chi connectivity index (χ1) is 2.91. The fourth-order valence-corrected chi connectivity index (χ4v) is 0.267. The zero-order valence-corrected chi connectivity index (χ0v) is 4.63. The summed E-state index contributed by atoms with van der Waals surface area (Å²) in [6.45, 7) is 0. The van der Waals surface area contributed by atoms with Crippen LogP contribution < -0.4 is 4.84 Å². The molecule has 0 aromatic heterocycles. The van der Waals surface area contributed by atoms with Gasteiger partial charge in [0.1, 0.15) is 0 Å². The van der Waals surface area contributed by atoms with Crippen LogP contribution in [0.3, 0.4) is 0 Å². The molecule has 0 bridgehead atoms. The van der Waals surface area contributed by atoms with Crippen LogP contribution in [0.2, 0.25) is 0 Å². The maximum atomic E-state index is 5.19. The van der Waals surface area contributed by atoms with Gasteiger partial charge in [0.25, 0.3) is 0 Å². The second-order valence-corrected chi connectivity index (χ2v) is 1.19. The lowest BCUT2D eigenvalue weighted by Crippen LogP contribution is -1.79. The van der Waals surface area contributed by atoms with Gasteiger partial charge in [0.2, 0.25) is 0 Å². The highest BCUT2D eigenvalue weighted by Gasteiger charge is 1.60. The topological polar surface area (TPSA) is 12.0 Å². The van der Waals surface area contributed by atoms with Crippen LogP contribution in [-0.2, 0) is 0 Å². The van der Waals surface area contributed by atoms with Crippen molar-refractivity contribution in [3.63, 3.8) is 0 Å². The van der Waals surface area contributed by atoms with Crippen LogP contribution in [-0.4, -0.2) is 5.88 Å². The molecule has 1 N–H and O–H groups in total. The molecule has 36 valence electrons. The van der Waals surface area contributed by atoms with Crippen molar-refractivity contribution in [2.45, 2.75) is 0 Å². The van der Waals surface area contributed by atoms with E-state index in [0.29, 0.717) is 5.88 Å². The highest BCUT2D eigenvalue weighted by atomic mass is 35.5. The highest BCUT2D eigenvalue weighted by molar-refractivity contribution is 6.19. The smallest absolute Gasteiger partial charge is 0.0421 e. The summed E-state index contributed by atoms with van der Waals surface area (Å²) in [6.07, 6.45) is 3.27. The summed E-state index contributed by atoms with van der Waals surface area (Å²) in [5.74, 6) is 0.500. The molecule has 0 amide bonds. The lowest BCUT2D eigenvalue weighted by molar-refractivity contribution is 1.38. The molecule has 6 heavy (non-hydrogen) atoms. The lowest BCUT2D eigenvalue weighted by atomic mass is 10.7. The molecule has 1 nitrogen and oxygen atoms in total. The van der Waals surface area contributed by atoms with E-state index in [9.17, 15) is 0 Å². The maximum Gasteiger partial charge on any atom is 0.0421 e. The molecule has 0 spiro atoms. The number of rotatable bonds is 2. The van der Waals surface area contributed by atoms with Gasteiger partial charge in [-0.25, -0.2) is 0 Å². The van der Waals surface area contributed by atoms with Crippen molar-refractivity contribution < 1.29 is 0 Å². The van der Waals surface area contributed by atoms with Crippen molar-refractivity contribution >= 4 is 23.4 Å². The minimum atomic E-state index is 0.500. The molecule has 0 radical (unpaired) electrons. The van der Waals surface area contributed by atoms with Crippen molar-refractivity contribution in [3.8, 4) is 0 Å². The van der Waals surface area contributed by atoms with Crippen LogP contribution in [0.4, 0.5) is 0 Å². The molecule has 0 heterocycles. The minimum absolute atomic E-state index is 0.500. The van der Waals surface area contributed by atoms with Crippen molar-refractivity contribution in [1.82, 2.24) is 4.84 Å². The van der Waals surface area contributed by atoms with E-state index in [1.54, 1.807) is 12.3 Å². The first-order valence-electron chi connectivity index (χ1n) is 1.49. The van der Waals surface area contributed by atoms with Crippen LogP contribution in [0.25, 0.3) is 0 Å². The van der Waals surface area contributed by atoms with Gasteiger partial charge in [0.15, 0.2) is 0 Å². The summed E-state index contributed by atoms with van der Waals surface area (Å²) in [6, 6.07) is 0. The zero-order valence-electron chi connectivity index (χ0n) is 3.12. The van der Waals surface area contributed by atoms with Gasteiger partial charge in [0, 0.05) is 23.9 Å². The van der Waals surface area contributed by atoms with Gasteiger partial charge >= 0.3 is 0 Å². The normalized spacial score (nSPS) is 9.67. The van der Waals surface area contributed by atoms with E-state index in [1.807, 2.05) is 0 Å². The minimum Gasteiger partial charge on any atom is -0.306 e. The third-order valence-electron chi connectivity index (χ3n) is 0.270. The third kappa shape index (κ3) is 4.12. The zero-order chi connectivity index (χ0) is 4.83. The fourth-order valence-electron chi connectivity index (χ4n) is 0.0891. The predicted octanol–water partition coefficient (Wildman–Crippen LogP) is 1.48. The lowest BCUT2D eigenvalue weighted by Gasteiger charge is -1.74. The van der Waals surface area contributed by atoms with E-state index >= 15 is 0 Å². The largest absolute Gasteiger partial charge is 0.306 e. The number of hydrogen-bond donors (Lipinski definition) is 1. The summed E-state index contributed by atoms with van der Waals surface area (Å²) in [4.78, 5) is 2.28. The summed E-state index contributed by atoms with van der Waals surface area (Å²) < 4.78 is 0. The summed E-state index contributed by atoms with van der Waals surface area (Å²) in [5, 5.41) is 0. The summed E-state index contributed by atoms with van der Waals surface area (Å²) in [5.41, 5.74) is 0. The Kier molecular flexibility index (Phi) is 5.22. The molecule has 0 aliphatic carbocycles. The molecule has 0 rings (SSSR count). The Morgan fingerprint density at radius 2 is 2.33 bits per heavy atom. The Morgan fingerprint density at radius 1 is 1.67 bits per heavy atom. The first-order valence-corrected chi connectivity index (χ1v) is 2.40.